The van der Waals surface area contributed by atoms with Gasteiger partial charge in [-0.15, -0.1) is 0 Å². The van der Waals surface area contributed by atoms with E-state index in [1.165, 1.54) is 0 Å². The minimum absolute atomic E-state index is 0.0488. The van der Waals surface area contributed by atoms with Crippen molar-refractivity contribution >= 4 is 11.9 Å². The van der Waals surface area contributed by atoms with Crippen LogP contribution in [0.1, 0.15) is 31.6 Å². The molecule has 0 saturated heterocycles. The second kappa shape index (κ2) is 10.3. The van der Waals surface area contributed by atoms with Crippen LogP contribution < -0.4 is 5.32 Å². The third-order valence-electron chi connectivity index (χ3n) is 3.93. The highest BCUT2D eigenvalue weighted by molar-refractivity contribution is 5.84. The number of nitrogens with one attached hydrogen (secondary N) is 1. The highest BCUT2D eigenvalue weighted by Gasteiger charge is 2.21. The van der Waals surface area contributed by atoms with Crippen molar-refractivity contribution in [1.82, 2.24) is 15.1 Å². The molecule has 0 aliphatic heterocycles. The van der Waals surface area contributed by atoms with Crippen LogP contribution in [0.15, 0.2) is 53.1 Å². The van der Waals surface area contributed by atoms with Crippen LogP contribution in [0.2, 0.25) is 0 Å². The van der Waals surface area contributed by atoms with Crippen LogP contribution in [0.4, 0.5) is 4.79 Å². The summed E-state index contributed by atoms with van der Waals surface area (Å²) in [5.74, 6) is 0.610. The molecule has 0 bridgehead atoms. The van der Waals surface area contributed by atoms with Crippen molar-refractivity contribution < 1.29 is 14.0 Å². The Kier molecular flexibility index (Phi) is 7.74. The van der Waals surface area contributed by atoms with Gasteiger partial charge >= 0.3 is 6.03 Å². The van der Waals surface area contributed by atoms with E-state index in [0.717, 1.165) is 12.0 Å². The number of nitrogens with zero attached hydrogens (tertiary/aromatic N) is 2. The lowest BCUT2D eigenvalue weighted by Gasteiger charge is -2.27. The number of hydrogen-bond acceptors (Lipinski definition) is 3. The van der Waals surface area contributed by atoms with Crippen molar-refractivity contribution in [3.63, 3.8) is 0 Å². The lowest BCUT2D eigenvalue weighted by molar-refractivity contribution is -0.133. The summed E-state index contributed by atoms with van der Waals surface area (Å²) in [6, 6.07) is 13.2. The van der Waals surface area contributed by atoms with Gasteiger partial charge in [-0.25, -0.2) is 4.79 Å². The zero-order chi connectivity index (χ0) is 18.8. The Labute approximate surface area is 154 Å². The van der Waals surface area contributed by atoms with Gasteiger partial charge in [-0.1, -0.05) is 37.3 Å². The molecule has 6 nitrogen and oxygen atoms in total. The molecule has 0 radical (unpaired) electrons. The maximum atomic E-state index is 12.9. The largest absolute Gasteiger partial charge is 0.467 e. The molecular formula is C20H27N3O3. The molecular weight excluding hydrogens is 330 g/mol. The van der Waals surface area contributed by atoms with E-state index in [-0.39, 0.29) is 18.5 Å². The number of furan rings is 1. The molecule has 6 heteroatoms. The van der Waals surface area contributed by atoms with Gasteiger partial charge in [-0.05, 0) is 31.0 Å². The summed E-state index contributed by atoms with van der Waals surface area (Å²) in [5.41, 5.74) is 1.03. The quantitative estimate of drug-likeness (QED) is 0.749. The van der Waals surface area contributed by atoms with Gasteiger partial charge in [0.2, 0.25) is 5.91 Å². The predicted octanol–water partition coefficient (Wildman–Crippen LogP) is 3.25. The van der Waals surface area contributed by atoms with E-state index >= 15 is 0 Å². The SMILES string of the molecule is CCCN(CC(=O)N(Cc1ccccc1)Cc1ccco1)C(=O)NCC. The smallest absolute Gasteiger partial charge is 0.317 e. The van der Waals surface area contributed by atoms with E-state index in [4.69, 9.17) is 4.42 Å². The van der Waals surface area contributed by atoms with Gasteiger partial charge < -0.3 is 19.5 Å². The average molecular weight is 357 g/mol. The Morgan fingerprint density at radius 1 is 1.00 bits per heavy atom. The molecule has 0 aliphatic rings. The van der Waals surface area contributed by atoms with Crippen molar-refractivity contribution in [2.75, 3.05) is 19.6 Å². The molecule has 1 N–H and O–H groups in total. The molecule has 2 rings (SSSR count). The fourth-order valence-corrected chi connectivity index (χ4v) is 2.68. The second-order valence-electron chi connectivity index (χ2n) is 6.07. The average Bonchev–Trinajstić information content (AvgIpc) is 3.15. The first-order valence-corrected chi connectivity index (χ1v) is 9.00. The lowest BCUT2D eigenvalue weighted by atomic mass is 10.2. The van der Waals surface area contributed by atoms with Crippen LogP contribution in [0.25, 0.3) is 0 Å². The van der Waals surface area contributed by atoms with Gasteiger partial charge in [0.05, 0.1) is 12.8 Å². The Morgan fingerprint density at radius 2 is 1.77 bits per heavy atom. The second-order valence-corrected chi connectivity index (χ2v) is 6.07. The molecule has 1 aromatic carbocycles. The summed E-state index contributed by atoms with van der Waals surface area (Å²) in [7, 11) is 0. The van der Waals surface area contributed by atoms with Gasteiger partial charge in [-0.3, -0.25) is 4.79 Å². The van der Waals surface area contributed by atoms with Gasteiger partial charge in [0.1, 0.15) is 12.3 Å². The van der Waals surface area contributed by atoms with Crippen LogP contribution in [0, 0.1) is 0 Å². The number of carbonyl (C=O) groups is 2. The van der Waals surface area contributed by atoms with Gasteiger partial charge in [0, 0.05) is 19.6 Å². The van der Waals surface area contributed by atoms with E-state index in [1.54, 1.807) is 22.1 Å². The summed E-state index contributed by atoms with van der Waals surface area (Å²) in [5, 5.41) is 2.77. The molecule has 0 spiro atoms. The van der Waals surface area contributed by atoms with E-state index in [1.807, 2.05) is 50.2 Å². The maximum Gasteiger partial charge on any atom is 0.317 e. The number of carbonyl (C=O) groups excluding carboxylic acids is 2. The minimum atomic E-state index is -0.208. The molecule has 0 unspecified atom stereocenters. The number of urea groups is 1. The number of benzene rings is 1. The van der Waals surface area contributed by atoms with Crippen LogP contribution in [0.3, 0.4) is 0 Å². The predicted molar refractivity (Wildman–Crippen MR) is 100 cm³/mol. The first kappa shape index (κ1) is 19.6. The molecule has 140 valence electrons. The van der Waals surface area contributed by atoms with Crippen molar-refractivity contribution in [3.05, 3.63) is 60.1 Å². The fourth-order valence-electron chi connectivity index (χ4n) is 2.68. The summed E-state index contributed by atoms with van der Waals surface area (Å²) < 4.78 is 5.40. The van der Waals surface area contributed by atoms with Crippen LogP contribution in [-0.2, 0) is 17.9 Å². The van der Waals surface area contributed by atoms with Gasteiger partial charge in [0.15, 0.2) is 0 Å². The summed E-state index contributed by atoms with van der Waals surface area (Å²) >= 11 is 0. The van der Waals surface area contributed by atoms with Crippen molar-refractivity contribution in [2.45, 2.75) is 33.4 Å². The van der Waals surface area contributed by atoms with Crippen molar-refractivity contribution in [2.24, 2.45) is 0 Å². The summed E-state index contributed by atoms with van der Waals surface area (Å²) in [4.78, 5) is 28.4. The van der Waals surface area contributed by atoms with E-state index < -0.39 is 0 Å². The van der Waals surface area contributed by atoms with Gasteiger partial charge in [-0.2, -0.15) is 0 Å². The molecule has 0 aliphatic carbocycles. The number of amides is 3. The van der Waals surface area contributed by atoms with Crippen molar-refractivity contribution in [1.29, 1.82) is 0 Å². The monoisotopic (exact) mass is 357 g/mol. The maximum absolute atomic E-state index is 12.9. The normalized spacial score (nSPS) is 10.4. The van der Waals surface area contributed by atoms with Gasteiger partial charge in [0.25, 0.3) is 0 Å². The lowest BCUT2D eigenvalue weighted by Crippen LogP contribution is -2.46. The highest BCUT2D eigenvalue weighted by atomic mass is 16.3. The molecule has 1 aromatic heterocycles. The Balaban J connectivity index is 2.11. The third-order valence-corrected chi connectivity index (χ3v) is 3.93. The Bertz CT molecular complexity index is 671. The Morgan fingerprint density at radius 3 is 2.38 bits per heavy atom. The molecule has 1 heterocycles. The fraction of sp³-hybridized carbons (Fsp3) is 0.400. The topological polar surface area (TPSA) is 65.8 Å². The van der Waals surface area contributed by atoms with Crippen LogP contribution in [-0.4, -0.2) is 41.4 Å². The van der Waals surface area contributed by atoms with E-state index in [2.05, 4.69) is 5.32 Å². The summed E-state index contributed by atoms with van der Waals surface area (Å²) in [6.45, 7) is 5.81. The number of hydrogen-bond donors (Lipinski definition) is 1. The first-order valence-electron chi connectivity index (χ1n) is 9.00. The number of rotatable bonds is 9. The van der Waals surface area contributed by atoms with Crippen LogP contribution >= 0.6 is 0 Å². The van der Waals surface area contributed by atoms with E-state index in [9.17, 15) is 9.59 Å². The molecule has 26 heavy (non-hydrogen) atoms. The van der Waals surface area contributed by atoms with Crippen molar-refractivity contribution in [3.8, 4) is 0 Å². The zero-order valence-corrected chi connectivity index (χ0v) is 15.5. The van der Waals surface area contributed by atoms with Crippen LogP contribution in [0.5, 0.6) is 0 Å². The van der Waals surface area contributed by atoms with E-state index in [0.29, 0.717) is 31.9 Å². The Hall–Kier alpha value is -2.76. The highest BCUT2D eigenvalue weighted by Crippen LogP contribution is 2.12. The molecule has 0 fully saturated rings. The third kappa shape index (κ3) is 5.95. The zero-order valence-electron chi connectivity index (χ0n) is 15.5. The minimum Gasteiger partial charge on any atom is -0.467 e. The molecule has 2 aromatic rings. The standard InChI is InChI=1S/C20H27N3O3/c1-3-12-22(20(25)21-4-2)16-19(24)23(15-18-11-8-13-26-18)14-17-9-6-5-7-10-17/h5-11,13H,3-4,12,14-16H2,1-2H3,(H,21,25). The molecule has 0 saturated carbocycles. The first-order chi connectivity index (χ1) is 12.6. The molecule has 3 amide bonds. The molecule has 0 atom stereocenters. The summed E-state index contributed by atoms with van der Waals surface area (Å²) in [6.07, 6.45) is 2.39.